The molecule has 3 rings (SSSR count). The van der Waals surface area contributed by atoms with E-state index in [4.69, 9.17) is 10.6 Å². The molecule has 20 heavy (non-hydrogen) atoms. The van der Waals surface area contributed by atoms with E-state index in [1.165, 1.54) is 0 Å². The van der Waals surface area contributed by atoms with Crippen LogP contribution in [0.5, 0.6) is 0 Å². The van der Waals surface area contributed by atoms with Crippen LogP contribution in [-0.4, -0.2) is 43.8 Å². The summed E-state index contributed by atoms with van der Waals surface area (Å²) in [5.74, 6) is 6.65. The molecule has 0 spiro atoms. The SMILES string of the molecule is NNc1nc(NC2CCOCC2)nc(-n2ccnc2)n1. The van der Waals surface area contributed by atoms with Crippen molar-refractivity contribution in [1.82, 2.24) is 24.5 Å². The van der Waals surface area contributed by atoms with E-state index in [0.29, 0.717) is 23.9 Å². The molecule has 0 radical (unpaired) electrons. The summed E-state index contributed by atoms with van der Waals surface area (Å²) in [6.07, 6.45) is 6.89. The molecule has 0 aliphatic carbocycles. The maximum Gasteiger partial charge on any atom is 0.243 e. The molecular weight excluding hydrogens is 260 g/mol. The van der Waals surface area contributed by atoms with Crippen molar-refractivity contribution < 1.29 is 4.74 Å². The highest BCUT2D eigenvalue weighted by atomic mass is 16.5. The summed E-state index contributed by atoms with van der Waals surface area (Å²) >= 11 is 0. The molecule has 1 saturated heterocycles. The van der Waals surface area contributed by atoms with Crippen LogP contribution >= 0.6 is 0 Å². The van der Waals surface area contributed by atoms with Gasteiger partial charge in [-0.05, 0) is 12.8 Å². The highest BCUT2D eigenvalue weighted by Gasteiger charge is 2.16. The Hall–Kier alpha value is -2.26. The lowest BCUT2D eigenvalue weighted by Crippen LogP contribution is -2.29. The van der Waals surface area contributed by atoms with Crippen LogP contribution < -0.4 is 16.6 Å². The van der Waals surface area contributed by atoms with Crippen molar-refractivity contribution in [3.8, 4) is 5.95 Å². The quantitative estimate of drug-likeness (QED) is 0.525. The molecule has 0 unspecified atom stereocenters. The van der Waals surface area contributed by atoms with Crippen molar-refractivity contribution in [2.24, 2.45) is 5.84 Å². The van der Waals surface area contributed by atoms with Gasteiger partial charge in [0.05, 0.1) is 0 Å². The first-order valence-corrected chi connectivity index (χ1v) is 6.40. The Bertz CT molecular complexity index is 552. The van der Waals surface area contributed by atoms with Crippen molar-refractivity contribution in [2.45, 2.75) is 18.9 Å². The summed E-state index contributed by atoms with van der Waals surface area (Å²) in [6, 6.07) is 0.299. The van der Waals surface area contributed by atoms with Crippen molar-refractivity contribution in [1.29, 1.82) is 0 Å². The highest BCUT2D eigenvalue weighted by Crippen LogP contribution is 2.14. The van der Waals surface area contributed by atoms with Gasteiger partial charge in [0.1, 0.15) is 6.33 Å². The van der Waals surface area contributed by atoms with E-state index in [-0.39, 0.29) is 0 Å². The molecule has 2 aromatic rings. The number of hydrogen-bond acceptors (Lipinski definition) is 8. The molecule has 9 nitrogen and oxygen atoms in total. The molecule has 0 aromatic carbocycles. The van der Waals surface area contributed by atoms with Gasteiger partial charge in [0.15, 0.2) is 0 Å². The highest BCUT2D eigenvalue weighted by molar-refractivity contribution is 5.37. The van der Waals surface area contributed by atoms with E-state index >= 15 is 0 Å². The minimum atomic E-state index is 0.299. The Kier molecular flexibility index (Phi) is 3.70. The molecular formula is C11H16N8O. The zero-order valence-corrected chi connectivity index (χ0v) is 10.9. The third kappa shape index (κ3) is 2.83. The molecule has 4 N–H and O–H groups in total. The summed E-state index contributed by atoms with van der Waals surface area (Å²) in [7, 11) is 0. The van der Waals surface area contributed by atoms with Gasteiger partial charge < -0.3 is 10.1 Å². The molecule has 0 bridgehead atoms. The zero-order valence-electron chi connectivity index (χ0n) is 10.9. The molecule has 0 atom stereocenters. The van der Waals surface area contributed by atoms with Gasteiger partial charge >= 0.3 is 0 Å². The van der Waals surface area contributed by atoms with Crippen molar-refractivity contribution in [2.75, 3.05) is 24.0 Å². The molecule has 0 amide bonds. The summed E-state index contributed by atoms with van der Waals surface area (Å²) in [4.78, 5) is 16.7. The van der Waals surface area contributed by atoms with Crippen LogP contribution in [-0.2, 0) is 4.74 Å². The normalized spacial score (nSPS) is 16.1. The monoisotopic (exact) mass is 276 g/mol. The van der Waals surface area contributed by atoms with Gasteiger partial charge in [0, 0.05) is 31.6 Å². The average molecular weight is 276 g/mol. The number of hydrazine groups is 1. The fraction of sp³-hybridized carbons (Fsp3) is 0.455. The summed E-state index contributed by atoms with van der Waals surface area (Å²) in [5.41, 5.74) is 2.45. The zero-order chi connectivity index (χ0) is 13.8. The largest absolute Gasteiger partial charge is 0.381 e. The number of rotatable bonds is 4. The average Bonchev–Trinajstić information content (AvgIpc) is 3.02. The smallest absolute Gasteiger partial charge is 0.243 e. The van der Waals surface area contributed by atoms with Gasteiger partial charge in [-0.3, -0.25) is 9.99 Å². The Balaban J connectivity index is 1.84. The van der Waals surface area contributed by atoms with Crippen LogP contribution in [0, 0.1) is 0 Å². The van der Waals surface area contributed by atoms with Gasteiger partial charge in [-0.2, -0.15) is 15.0 Å². The Labute approximate surface area is 115 Å². The van der Waals surface area contributed by atoms with Gasteiger partial charge in [-0.1, -0.05) is 0 Å². The van der Waals surface area contributed by atoms with Crippen LogP contribution in [0.2, 0.25) is 0 Å². The third-order valence-corrected chi connectivity index (χ3v) is 3.04. The van der Waals surface area contributed by atoms with Gasteiger partial charge in [-0.25, -0.2) is 10.8 Å². The molecule has 1 aliphatic rings. The predicted octanol–water partition coefficient (Wildman–Crippen LogP) is -0.0662. The minimum absolute atomic E-state index is 0.299. The van der Waals surface area contributed by atoms with Gasteiger partial charge in [0.25, 0.3) is 0 Å². The van der Waals surface area contributed by atoms with Crippen LogP contribution in [0.15, 0.2) is 18.7 Å². The molecule has 3 heterocycles. The fourth-order valence-corrected chi connectivity index (χ4v) is 2.01. The van der Waals surface area contributed by atoms with E-state index in [1.807, 2.05) is 0 Å². The van der Waals surface area contributed by atoms with E-state index in [0.717, 1.165) is 26.1 Å². The van der Waals surface area contributed by atoms with Gasteiger partial charge in [0.2, 0.25) is 17.8 Å². The Morgan fingerprint density at radius 2 is 2.00 bits per heavy atom. The number of hydrogen-bond donors (Lipinski definition) is 3. The fourth-order valence-electron chi connectivity index (χ4n) is 2.01. The summed E-state index contributed by atoms with van der Waals surface area (Å²) in [6.45, 7) is 1.50. The predicted molar refractivity (Wildman–Crippen MR) is 72.2 cm³/mol. The number of aromatic nitrogens is 5. The maximum absolute atomic E-state index is 5.40. The van der Waals surface area contributed by atoms with Crippen LogP contribution in [0.1, 0.15) is 12.8 Å². The molecule has 1 fully saturated rings. The lowest BCUT2D eigenvalue weighted by atomic mass is 10.1. The number of nitrogens with zero attached hydrogens (tertiary/aromatic N) is 5. The molecule has 1 aliphatic heterocycles. The number of ether oxygens (including phenoxy) is 1. The Morgan fingerprint density at radius 3 is 2.70 bits per heavy atom. The summed E-state index contributed by atoms with van der Waals surface area (Å²) < 4.78 is 7.02. The second-order valence-corrected chi connectivity index (χ2v) is 4.43. The standard InChI is InChI=1S/C11H16N8O/c12-18-10-15-9(14-8-1-5-20-6-2-8)16-11(17-10)19-4-3-13-7-19/h3-4,7-8H,1-2,5-6,12H2,(H2,14,15,16,17,18). The maximum atomic E-state index is 5.40. The number of nitrogen functional groups attached to an aromatic ring is 1. The summed E-state index contributed by atoms with van der Waals surface area (Å²) in [5, 5.41) is 3.29. The van der Waals surface area contributed by atoms with Crippen LogP contribution in [0.3, 0.4) is 0 Å². The lowest BCUT2D eigenvalue weighted by molar-refractivity contribution is 0.0903. The first-order chi connectivity index (χ1) is 9.85. The molecule has 0 saturated carbocycles. The topological polar surface area (TPSA) is 116 Å². The van der Waals surface area contributed by atoms with E-state index < -0.39 is 0 Å². The molecule has 106 valence electrons. The van der Waals surface area contributed by atoms with Crippen LogP contribution in [0.25, 0.3) is 5.95 Å². The molecule has 9 heteroatoms. The number of nitrogens with two attached hydrogens (primary N) is 1. The molecule has 2 aromatic heterocycles. The second kappa shape index (κ2) is 5.80. The van der Waals surface area contributed by atoms with E-state index in [2.05, 4.69) is 30.7 Å². The van der Waals surface area contributed by atoms with Crippen molar-refractivity contribution in [3.63, 3.8) is 0 Å². The Morgan fingerprint density at radius 1 is 1.20 bits per heavy atom. The third-order valence-electron chi connectivity index (χ3n) is 3.04. The first kappa shape index (κ1) is 12.8. The number of anilines is 2. The minimum Gasteiger partial charge on any atom is -0.381 e. The number of nitrogens with one attached hydrogen (secondary N) is 2. The lowest BCUT2D eigenvalue weighted by Gasteiger charge is -2.23. The second-order valence-electron chi connectivity index (χ2n) is 4.43. The van der Waals surface area contributed by atoms with E-state index in [9.17, 15) is 0 Å². The van der Waals surface area contributed by atoms with Crippen molar-refractivity contribution in [3.05, 3.63) is 18.7 Å². The van der Waals surface area contributed by atoms with Crippen molar-refractivity contribution >= 4 is 11.9 Å². The van der Waals surface area contributed by atoms with Gasteiger partial charge in [-0.15, -0.1) is 0 Å². The van der Waals surface area contributed by atoms with Crippen LogP contribution in [0.4, 0.5) is 11.9 Å². The number of imidazole rings is 1. The van der Waals surface area contributed by atoms with E-state index in [1.54, 1.807) is 23.3 Å². The first-order valence-electron chi connectivity index (χ1n) is 6.40.